The Balaban J connectivity index is 3.05. The Morgan fingerprint density at radius 1 is 1.58 bits per heavy atom. The molecule has 0 saturated carbocycles. The molecule has 1 rings (SSSR count). The molecule has 0 aliphatic carbocycles. The molecule has 8 heteroatoms. The van der Waals surface area contributed by atoms with E-state index in [0.29, 0.717) is 21.5 Å². The van der Waals surface area contributed by atoms with Gasteiger partial charge in [0, 0.05) is 6.92 Å². The van der Waals surface area contributed by atoms with Gasteiger partial charge in [0.1, 0.15) is 0 Å². The van der Waals surface area contributed by atoms with Gasteiger partial charge in [-0.2, -0.15) is 5.10 Å². The molecule has 0 radical (unpaired) electrons. The van der Waals surface area contributed by atoms with E-state index >= 15 is 0 Å². The summed E-state index contributed by atoms with van der Waals surface area (Å²) in [6, 6.07) is 3.37. The monoisotopic (exact) mass is 345 g/mol. The fraction of sp³-hybridized carbons (Fsp3) is 0.182. The number of hydrazone groups is 1. The normalized spacial score (nSPS) is 10.3. The molecule has 19 heavy (non-hydrogen) atoms. The molecule has 0 spiro atoms. The van der Waals surface area contributed by atoms with E-state index in [1.807, 2.05) is 0 Å². The van der Waals surface area contributed by atoms with Crippen LogP contribution < -0.4 is 20.6 Å². The molecule has 0 bridgehead atoms. The molecule has 1 aromatic rings. The number of nitrogens with two attached hydrogens (primary N) is 1. The fourth-order valence-corrected chi connectivity index (χ4v) is 1.82. The lowest BCUT2D eigenvalue weighted by atomic mass is 10.2. The first kappa shape index (κ1) is 15.4. The Morgan fingerprint density at radius 2 is 2.26 bits per heavy atom. The van der Waals surface area contributed by atoms with E-state index in [-0.39, 0.29) is 5.11 Å². The zero-order chi connectivity index (χ0) is 14.4. The SMILES string of the molecule is COc1cc(/C=N\NC(N)=S)cc(Br)c1OC(C)=O. The van der Waals surface area contributed by atoms with Crippen LogP contribution in [-0.4, -0.2) is 24.4 Å². The lowest BCUT2D eigenvalue weighted by Crippen LogP contribution is -2.23. The molecule has 0 amide bonds. The summed E-state index contributed by atoms with van der Waals surface area (Å²) in [7, 11) is 1.48. The summed E-state index contributed by atoms with van der Waals surface area (Å²) in [5.74, 6) is 0.284. The van der Waals surface area contributed by atoms with Gasteiger partial charge < -0.3 is 15.2 Å². The lowest BCUT2D eigenvalue weighted by molar-refractivity contribution is -0.132. The average molecular weight is 346 g/mol. The highest BCUT2D eigenvalue weighted by Gasteiger charge is 2.13. The minimum Gasteiger partial charge on any atom is -0.493 e. The summed E-state index contributed by atoms with van der Waals surface area (Å²) in [5.41, 5.74) is 8.38. The van der Waals surface area contributed by atoms with Crippen molar-refractivity contribution in [3.63, 3.8) is 0 Å². The smallest absolute Gasteiger partial charge is 0.308 e. The molecule has 0 fully saturated rings. The van der Waals surface area contributed by atoms with Crippen molar-refractivity contribution in [2.45, 2.75) is 6.92 Å². The number of nitrogens with one attached hydrogen (secondary N) is 1. The number of nitrogens with zero attached hydrogens (tertiary/aromatic N) is 1. The fourth-order valence-electron chi connectivity index (χ4n) is 1.23. The molecule has 0 aliphatic heterocycles. The van der Waals surface area contributed by atoms with Crippen molar-refractivity contribution in [2.24, 2.45) is 10.8 Å². The van der Waals surface area contributed by atoms with Crippen LogP contribution in [0, 0.1) is 0 Å². The zero-order valence-electron chi connectivity index (χ0n) is 10.3. The van der Waals surface area contributed by atoms with E-state index in [0.717, 1.165) is 0 Å². The molecular weight excluding hydrogens is 334 g/mol. The topological polar surface area (TPSA) is 85.9 Å². The van der Waals surface area contributed by atoms with Crippen molar-refractivity contribution in [1.82, 2.24) is 5.43 Å². The van der Waals surface area contributed by atoms with Crippen molar-refractivity contribution in [2.75, 3.05) is 7.11 Å². The van der Waals surface area contributed by atoms with Gasteiger partial charge in [-0.15, -0.1) is 0 Å². The van der Waals surface area contributed by atoms with Gasteiger partial charge in [0.25, 0.3) is 0 Å². The Morgan fingerprint density at radius 3 is 2.79 bits per heavy atom. The molecule has 3 N–H and O–H groups in total. The second-order valence-electron chi connectivity index (χ2n) is 3.36. The summed E-state index contributed by atoms with van der Waals surface area (Å²) in [6.45, 7) is 1.31. The second kappa shape index (κ2) is 7.05. The van der Waals surface area contributed by atoms with Gasteiger partial charge in [-0.25, -0.2) is 0 Å². The number of carbonyl (C=O) groups is 1. The molecule has 0 atom stereocenters. The van der Waals surface area contributed by atoms with E-state index in [1.165, 1.54) is 20.2 Å². The van der Waals surface area contributed by atoms with E-state index in [2.05, 4.69) is 38.7 Å². The van der Waals surface area contributed by atoms with E-state index in [9.17, 15) is 4.79 Å². The van der Waals surface area contributed by atoms with Crippen molar-refractivity contribution >= 4 is 45.4 Å². The highest BCUT2D eigenvalue weighted by molar-refractivity contribution is 9.10. The third kappa shape index (κ3) is 4.84. The third-order valence-electron chi connectivity index (χ3n) is 1.89. The van der Waals surface area contributed by atoms with Crippen molar-refractivity contribution < 1.29 is 14.3 Å². The molecule has 0 aromatic heterocycles. The second-order valence-corrected chi connectivity index (χ2v) is 4.66. The highest BCUT2D eigenvalue weighted by atomic mass is 79.9. The van der Waals surface area contributed by atoms with Gasteiger partial charge in [-0.05, 0) is 45.8 Å². The van der Waals surface area contributed by atoms with Crippen molar-refractivity contribution in [3.05, 3.63) is 22.2 Å². The first-order valence-corrected chi connectivity index (χ1v) is 6.28. The minimum atomic E-state index is -0.435. The first-order valence-electron chi connectivity index (χ1n) is 5.08. The largest absolute Gasteiger partial charge is 0.493 e. The molecule has 6 nitrogen and oxygen atoms in total. The number of ether oxygens (including phenoxy) is 2. The quantitative estimate of drug-likeness (QED) is 0.283. The Bertz CT molecular complexity index is 534. The van der Waals surface area contributed by atoms with Crippen LogP contribution in [0.5, 0.6) is 11.5 Å². The first-order chi connectivity index (χ1) is 8.93. The van der Waals surface area contributed by atoms with Gasteiger partial charge in [-0.3, -0.25) is 10.2 Å². The van der Waals surface area contributed by atoms with Crippen LogP contribution in [0.3, 0.4) is 0 Å². The molecule has 0 unspecified atom stereocenters. The number of thiocarbonyl (C=S) groups is 1. The van der Waals surface area contributed by atoms with Crippen LogP contribution in [0.2, 0.25) is 0 Å². The van der Waals surface area contributed by atoms with Crippen LogP contribution in [0.25, 0.3) is 0 Å². The van der Waals surface area contributed by atoms with Gasteiger partial charge >= 0.3 is 5.97 Å². The summed E-state index contributed by atoms with van der Waals surface area (Å²) < 4.78 is 10.8. The van der Waals surface area contributed by atoms with Crippen molar-refractivity contribution in [1.29, 1.82) is 0 Å². The number of esters is 1. The number of hydrogen-bond acceptors (Lipinski definition) is 5. The maximum Gasteiger partial charge on any atom is 0.308 e. The molecule has 0 aliphatic rings. The summed E-state index contributed by atoms with van der Waals surface area (Å²) in [5, 5.41) is 3.89. The molecular formula is C11H12BrN3O3S. The van der Waals surface area contributed by atoms with Crippen molar-refractivity contribution in [3.8, 4) is 11.5 Å². The summed E-state index contributed by atoms with van der Waals surface area (Å²) >= 11 is 7.91. The number of methoxy groups -OCH3 is 1. The third-order valence-corrected chi connectivity index (χ3v) is 2.57. The minimum absolute atomic E-state index is 0.0683. The van der Waals surface area contributed by atoms with Gasteiger partial charge in [0.15, 0.2) is 16.6 Å². The van der Waals surface area contributed by atoms with Gasteiger partial charge in [-0.1, -0.05) is 0 Å². The van der Waals surface area contributed by atoms with Gasteiger partial charge in [0.05, 0.1) is 17.8 Å². The molecule has 0 heterocycles. The zero-order valence-corrected chi connectivity index (χ0v) is 12.7. The lowest BCUT2D eigenvalue weighted by Gasteiger charge is -2.10. The van der Waals surface area contributed by atoms with E-state index < -0.39 is 5.97 Å². The maximum absolute atomic E-state index is 11.0. The van der Waals surface area contributed by atoms with Crippen LogP contribution in [-0.2, 0) is 4.79 Å². The van der Waals surface area contributed by atoms with Crippen LogP contribution in [0.4, 0.5) is 0 Å². The highest BCUT2D eigenvalue weighted by Crippen LogP contribution is 2.36. The van der Waals surface area contributed by atoms with E-state index in [1.54, 1.807) is 12.1 Å². The van der Waals surface area contributed by atoms with E-state index in [4.69, 9.17) is 15.2 Å². The number of carbonyl (C=O) groups excluding carboxylic acids is 1. The molecule has 102 valence electrons. The van der Waals surface area contributed by atoms with Crippen LogP contribution >= 0.6 is 28.1 Å². The standard InChI is InChI=1S/C11H12BrN3O3S/c1-6(16)18-10-8(12)3-7(4-9(10)17-2)5-14-15-11(13)19/h3-5H,1-2H3,(H3,13,15,19)/b14-5-. The van der Waals surface area contributed by atoms with Crippen LogP contribution in [0.15, 0.2) is 21.7 Å². The number of rotatable bonds is 4. The predicted octanol–water partition coefficient (Wildman–Crippen LogP) is 1.55. The Kier molecular flexibility index (Phi) is 5.71. The number of halogens is 1. The van der Waals surface area contributed by atoms with Gasteiger partial charge in [0.2, 0.25) is 0 Å². The summed E-state index contributed by atoms with van der Waals surface area (Å²) in [6.07, 6.45) is 1.50. The predicted molar refractivity (Wildman–Crippen MR) is 79.5 cm³/mol. The number of benzene rings is 1. The molecule has 0 saturated heterocycles. The maximum atomic E-state index is 11.0. The number of hydrogen-bond donors (Lipinski definition) is 2. The average Bonchev–Trinajstić information content (AvgIpc) is 2.31. The Labute approximate surface area is 124 Å². The summed E-state index contributed by atoms with van der Waals surface area (Å²) in [4.78, 5) is 11.0. The molecule has 1 aromatic carbocycles. The van der Waals surface area contributed by atoms with Crippen LogP contribution in [0.1, 0.15) is 12.5 Å². The Hall–Kier alpha value is -1.67.